The lowest BCUT2D eigenvalue weighted by Gasteiger charge is -2.16. The fourth-order valence-electron chi connectivity index (χ4n) is 2.05. The van der Waals surface area contributed by atoms with Crippen LogP contribution in [0.25, 0.3) is 0 Å². The van der Waals surface area contributed by atoms with Crippen LogP contribution in [0, 0.1) is 5.82 Å². The van der Waals surface area contributed by atoms with Gasteiger partial charge in [0.2, 0.25) is 0 Å². The Hall–Kier alpha value is -1.10. The highest BCUT2D eigenvalue weighted by Crippen LogP contribution is 2.53. The summed E-state index contributed by atoms with van der Waals surface area (Å²) in [7, 11) is 1.50. The lowest BCUT2D eigenvalue weighted by Crippen LogP contribution is -2.15. The Morgan fingerprint density at radius 2 is 2.24 bits per heavy atom. The molecular formula is C12H12BrFO3. The summed E-state index contributed by atoms with van der Waals surface area (Å²) in [5.74, 6) is -0.754. The molecule has 0 heterocycles. The van der Waals surface area contributed by atoms with Crippen molar-refractivity contribution in [3.63, 3.8) is 0 Å². The molecule has 1 aliphatic rings. The largest absolute Gasteiger partial charge is 0.497 e. The van der Waals surface area contributed by atoms with Crippen molar-refractivity contribution in [2.45, 2.75) is 24.7 Å². The summed E-state index contributed by atoms with van der Waals surface area (Å²) >= 11 is 3.12. The van der Waals surface area contributed by atoms with Crippen molar-refractivity contribution >= 4 is 21.9 Å². The molecule has 0 atom stereocenters. The molecule has 2 rings (SSSR count). The van der Waals surface area contributed by atoms with Gasteiger partial charge in [0.05, 0.1) is 18.0 Å². The fourth-order valence-corrected chi connectivity index (χ4v) is 2.49. The van der Waals surface area contributed by atoms with Gasteiger partial charge in [0.25, 0.3) is 0 Å². The summed E-state index contributed by atoms with van der Waals surface area (Å²) in [6.45, 7) is 0. The zero-order valence-electron chi connectivity index (χ0n) is 9.30. The summed E-state index contributed by atoms with van der Waals surface area (Å²) in [5, 5.41) is 8.87. The number of aliphatic carboxylic acids is 1. The van der Waals surface area contributed by atoms with Gasteiger partial charge in [-0.15, -0.1) is 0 Å². The molecule has 0 radical (unpaired) electrons. The van der Waals surface area contributed by atoms with Gasteiger partial charge in [-0.2, -0.15) is 0 Å². The molecule has 0 saturated heterocycles. The normalized spacial score (nSPS) is 16.6. The summed E-state index contributed by atoms with van der Waals surface area (Å²) < 4.78 is 19.4. The van der Waals surface area contributed by atoms with Gasteiger partial charge >= 0.3 is 5.97 Å². The van der Waals surface area contributed by atoms with Crippen LogP contribution in [-0.2, 0) is 10.2 Å². The maximum absolute atomic E-state index is 14.0. The molecule has 0 spiro atoms. The molecular weight excluding hydrogens is 291 g/mol. The topological polar surface area (TPSA) is 46.5 Å². The van der Waals surface area contributed by atoms with E-state index in [2.05, 4.69) is 15.9 Å². The van der Waals surface area contributed by atoms with Gasteiger partial charge in [-0.3, -0.25) is 4.79 Å². The standard InChI is InChI=1S/C12H12BrFO3/c1-17-7-4-8(11(14)9(13)5-7)12(2-3-12)6-10(15)16/h4-5H,2-3,6H2,1H3,(H,15,16). The van der Waals surface area contributed by atoms with Crippen molar-refractivity contribution in [2.75, 3.05) is 7.11 Å². The molecule has 0 amide bonds. The second-order valence-electron chi connectivity index (χ2n) is 4.32. The van der Waals surface area contributed by atoms with Crippen molar-refractivity contribution in [1.82, 2.24) is 0 Å². The monoisotopic (exact) mass is 302 g/mol. The van der Waals surface area contributed by atoms with Crippen LogP contribution in [0.5, 0.6) is 5.75 Å². The average molecular weight is 303 g/mol. The van der Waals surface area contributed by atoms with Crippen LogP contribution in [0.1, 0.15) is 24.8 Å². The number of rotatable bonds is 4. The molecule has 0 bridgehead atoms. The second kappa shape index (κ2) is 4.29. The Labute approximate surface area is 107 Å². The summed E-state index contributed by atoms with van der Waals surface area (Å²) in [5.41, 5.74) is -0.112. The number of hydrogen-bond acceptors (Lipinski definition) is 2. The zero-order chi connectivity index (χ0) is 12.6. The smallest absolute Gasteiger partial charge is 0.304 e. The molecule has 92 valence electrons. The molecule has 1 saturated carbocycles. The van der Waals surface area contributed by atoms with Gasteiger partial charge in [-0.1, -0.05) is 0 Å². The van der Waals surface area contributed by atoms with E-state index in [9.17, 15) is 9.18 Å². The van der Waals surface area contributed by atoms with Crippen molar-refractivity contribution in [2.24, 2.45) is 0 Å². The zero-order valence-corrected chi connectivity index (χ0v) is 10.9. The quantitative estimate of drug-likeness (QED) is 0.929. The summed E-state index contributed by atoms with van der Waals surface area (Å²) in [6, 6.07) is 3.13. The van der Waals surface area contributed by atoms with E-state index in [0.717, 1.165) is 0 Å². The third kappa shape index (κ3) is 2.29. The minimum Gasteiger partial charge on any atom is -0.497 e. The van der Waals surface area contributed by atoms with E-state index in [-0.39, 0.29) is 12.2 Å². The minimum atomic E-state index is -0.902. The SMILES string of the molecule is COc1cc(Br)c(F)c(C2(CC(=O)O)CC2)c1. The van der Waals surface area contributed by atoms with Gasteiger partial charge in [0.1, 0.15) is 11.6 Å². The molecule has 3 nitrogen and oxygen atoms in total. The number of halogens is 2. The molecule has 0 unspecified atom stereocenters. The van der Waals surface area contributed by atoms with Crippen molar-refractivity contribution in [1.29, 1.82) is 0 Å². The van der Waals surface area contributed by atoms with Crippen molar-refractivity contribution < 1.29 is 19.0 Å². The maximum atomic E-state index is 14.0. The molecule has 1 fully saturated rings. The molecule has 0 aromatic heterocycles. The highest BCUT2D eigenvalue weighted by Gasteiger charge is 2.48. The first kappa shape index (κ1) is 12.4. The highest BCUT2D eigenvalue weighted by molar-refractivity contribution is 9.10. The molecule has 5 heteroatoms. The van der Waals surface area contributed by atoms with Crippen LogP contribution >= 0.6 is 15.9 Å². The second-order valence-corrected chi connectivity index (χ2v) is 5.18. The van der Waals surface area contributed by atoms with E-state index in [4.69, 9.17) is 9.84 Å². The van der Waals surface area contributed by atoms with E-state index >= 15 is 0 Å². The summed E-state index contributed by atoms with van der Waals surface area (Å²) in [4.78, 5) is 10.8. The Morgan fingerprint density at radius 3 is 2.71 bits per heavy atom. The first-order valence-corrected chi connectivity index (χ1v) is 6.03. The van der Waals surface area contributed by atoms with Gasteiger partial charge in [0.15, 0.2) is 0 Å². The molecule has 1 aromatic carbocycles. The van der Waals surface area contributed by atoms with E-state index < -0.39 is 11.4 Å². The summed E-state index contributed by atoms with van der Waals surface area (Å²) in [6.07, 6.45) is 1.37. The van der Waals surface area contributed by atoms with Gasteiger partial charge < -0.3 is 9.84 Å². The van der Waals surface area contributed by atoms with Gasteiger partial charge in [0, 0.05) is 5.41 Å². The first-order valence-electron chi connectivity index (χ1n) is 5.24. The maximum Gasteiger partial charge on any atom is 0.304 e. The van der Waals surface area contributed by atoms with Crippen molar-refractivity contribution in [3.8, 4) is 5.75 Å². The number of carboxylic acid groups (broad SMARTS) is 1. The number of ether oxygens (including phenoxy) is 1. The van der Waals surface area contributed by atoms with Crippen LogP contribution < -0.4 is 4.74 Å². The van der Waals surface area contributed by atoms with Crippen LogP contribution in [-0.4, -0.2) is 18.2 Å². The third-order valence-corrected chi connectivity index (χ3v) is 3.73. The molecule has 1 aromatic rings. The van der Waals surface area contributed by atoms with Crippen LogP contribution in [0.2, 0.25) is 0 Å². The predicted octanol–water partition coefficient (Wildman–Crippen LogP) is 3.10. The minimum absolute atomic E-state index is 0.0382. The predicted molar refractivity (Wildman–Crippen MR) is 63.8 cm³/mol. The molecule has 0 aliphatic heterocycles. The van der Waals surface area contributed by atoms with E-state index in [1.807, 2.05) is 0 Å². The van der Waals surface area contributed by atoms with Crippen LogP contribution in [0.4, 0.5) is 4.39 Å². The lowest BCUT2D eigenvalue weighted by atomic mass is 9.92. The van der Waals surface area contributed by atoms with Gasteiger partial charge in [-0.05, 0) is 46.5 Å². The van der Waals surface area contributed by atoms with Gasteiger partial charge in [-0.25, -0.2) is 4.39 Å². The number of carboxylic acids is 1. The Kier molecular flexibility index (Phi) is 3.12. The van der Waals surface area contributed by atoms with E-state index in [1.165, 1.54) is 13.2 Å². The molecule has 1 N–H and O–H groups in total. The van der Waals surface area contributed by atoms with Crippen LogP contribution in [0.15, 0.2) is 16.6 Å². The lowest BCUT2D eigenvalue weighted by molar-refractivity contribution is -0.137. The molecule has 1 aliphatic carbocycles. The Morgan fingerprint density at radius 1 is 1.59 bits per heavy atom. The average Bonchev–Trinajstić information content (AvgIpc) is 3.01. The van der Waals surface area contributed by atoms with Crippen LogP contribution in [0.3, 0.4) is 0 Å². The Bertz CT molecular complexity index is 469. The Balaban J connectivity index is 2.44. The number of benzene rings is 1. The third-order valence-electron chi connectivity index (χ3n) is 3.15. The highest BCUT2D eigenvalue weighted by atomic mass is 79.9. The van der Waals surface area contributed by atoms with Crippen molar-refractivity contribution in [3.05, 3.63) is 28.0 Å². The number of methoxy groups -OCH3 is 1. The number of hydrogen-bond donors (Lipinski definition) is 1. The fraction of sp³-hybridized carbons (Fsp3) is 0.417. The first-order chi connectivity index (χ1) is 7.98. The van der Waals surface area contributed by atoms with E-state index in [0.29, 0.717) is 28.6 Å². The molecule has 17 heavy (non-hydrogen) atoms. The van der Waals surface area contributed by atoms with E-state index in [1.54, 1.807) is 6.07 Å². The number of carbonyl (C=O) groups is 1.